The average molecular weight is 370 g/mol. The molecular weight excluding hydrogens is 338 g/mol. The second-order valence-corrected chi connectivity index (χ2v) is 8.47. The van der Waals surface area contributed by atoms with Gasteiger partial charge >= 0.3 is 0 Å². The molecule has 146 valence electrons. The van der Waals surface area contributed by atoms with Gasteiger partial charge in [0.2, 0.25) is 11.8 Å². The van der Waals surface area contributed by atoms with Crippen LogP contribution in [0.2, 0.25) is 0 Å². The molecule has 2 aliphatic carbocycles. The molecule has 27 heavy (non-hydrogen) atoms. The summed E-state index contributed by atoms with van der Waals surface area (Å²) in [6, 6.07) is 8.03. The molecule has 0 aromatic heterocycles. The molecule has 1 aromatic carbocycles. The third-order valence-electron chi connectivity index (χ3n) is 6.33. The summed E-state index contributed by atoms with van der Waals surface area (Å²) in [5.41, 5.74) is 1.97. The molecule has 3 fully saturated rings. The molecule has 5 heteroatoms. The zero-order valence-corrected chi connectivity index (χ0v) is 16.1. The van der Waals surface area contributed by atoms with Crippen molar-refractivity contribution in [3.63, 3.8) is 0 Å². The molecule has 0 bridgehead atoms. The lowest BCUT2D eigenvalue weighted by Gasteiger charge is -2.31. The number of carbonyl (C=O) groups excluding carboxylic acids is 2. The van der Waals surface area contributed by atoms with Gasteiger partial charge in [-0.2, -0.15) is 0 Å². The highest BCUT2D eigenvalue weighted by atomic mass is 16.2. The van der Waals surface area contributed by atoms with E-state index in [0.29, 0.717) is 5.91 Å². The lowest BCUT2D eigenvalue weighted by atomic mass is 9.95. The molecule has 0 atom stereocenters. The van der Waals surface area contributed by atoms with Crippen molar-refractivity contribution in [3.8, 4) is 0 Å². The van der Waals surface area contributed by atoms with Crippen molar-refractivity contribution >= 4 is 23.2 Å². The van der Waals surface area contributed by atoms with Crippen molar-refractivity contribution in [3.05, 3.63) is 24.3 Å². The van der Waals surface area contributed by atoms with E-state index in [9.17, 15) is 9.59 Å². The minimum Gasteiger partial charge on any atom is -0.385 e. The van der Waals surface area contributed by atoms with Gasteiger partial charge in [-0.1, -0.05) is 12.8 Å². The molecule has 1 aliphatic heterocycles. The van der Waals surface area contributed by atoms with Crippen molar-refractivity contribution < 1.29 is 9.59 Å². The molecule has 0 unspecified atom stereocenters. The van der Waals surface area contributed by atoms with Gasteiger partial charge < -0.3 is 15.5 Å². The van der Waals surface area contributed by atoms with Crippen molar-refractivity contribution in [1.29, 1.82) is 0 Å². The lowest BCUT2D eigenvalue weighted by molar-refractivity contribution is -0.135. The van der Waals surface area contributed by atoms with Gasteiger partial charge in [-0.15, -0.1) is 0 Å². The fraction of sp³-hybridized carbons (Fsp3) is 0.636. The summed E-state index contributed by atoms with van der Waals surface area (Å²) in [5.74, 6) is 1.47. The van der Waals surface area contributed by atoms with Crippen LogP contribution in [0.5, 0.6) is 0 Å². The van der Waals surface area contributed by atoms with E-state index in [4.69, 9.17) is 0 Å². The molecule has 4 rings (SSSR count). The van der Waals surface area contributed by atoms with Gasteiger partial charge in [0, 0.05) is 42.8 Å². The first kappa shape index (κ1) is 18.3. The largest absolute Gasteiger partial charge is 0.385 e. The van der Waals surface area contributed by atoms with Crippen LogP contribution < -0.4 is 10.6 Å². The van der Waals surface area contributed by atoms with Gasteiger partial charge in [-0.3, -0.25) is 9.59 Å². The SMILES string of the molecule is O=C(Nc1ccc(NCC2CCCC2)cc1)C1CCN(C(=O)C2CC2)CC1. The number of nitrogens with zero attached hydrogens (tertiary/aromatic N) is 1. The summed E-state index contributed by atoms with van der Waals surface area (Å²) >= 11 is 0. The molecule has 1 aromatic rings. The minimum atomic E-state index is 0.00780. The number of carbonyl (C=O) groups is 2. The Labute approximate surface area is 161 Å². The zero-order chi connectivity index (χ0) is 18.6. The summed E-state index contributed by atoms with van der Waals surface area (Å²) in [6.45, 7) is 2.48. The Hall–Kier alpha value is -2.04. The van der Waals surface area contributed by atoms with Gasteiger partial charge in [-0.25, -0.2) is 0 Å². The molecule has 2 saturated carbocycles. The number of likely N-dealkylation sites (tertiary alicyclic amines) is 1. The van der Waals surface area contributed by atoms with Crippen LogP contribution in [0.25, 0.3) is 0 Å². The van der Waals surface area contributed by atoms with Gasteiger partial charge in [-0.05, 0) is 68.7 Å². The van der Waals surface area contributed by atoms with Crippen LogP contribution in [0.1, 0.15) is 51.4 Å². The quantitative estimate of drug-likeness (QED) is 0.800. The third kappa shape index (κ3) is 4.82. The van der Waals surface area contributed by atoms with E-state index in [2.05, 4.69) is 10.6 Å². The van der Waals surface area contributed by atoms with E-state index in [0.717, 1.165) is 62.6 Å². The monoisotopic (exact) mass is 369 g/mol. The van der Waals surface area contributed by atoms with E-state index in [1.807, 2.05) is 29.2 Å². The fourth-order valence-electron chi connectivity index (χ4n) is 4.34. The smallest absolute Gasteiger partial charge is 0.227 e. The van der Waals surface area contributed by atoms with Crippen molar-refractivity contribution in [2.75, 3.05) is 30.3 Å². The number of piperidine rings is 1. The Morgan fingerprint density at radius 2 is 1.48 bits per heavy atom. The standard InChI is InChI=1S/C22H31N3O2/c26-21(17-11-13-25(14-12-17)22(27)18-5-6-18)24-20-9-7-19(8-10-20)23-15-16-3-1-2-4-16/h7-10,16-18,23H,1-6,11-15H2,(H,24,26). The fourth-order valence-corrected chi connectivity index (χ4v) is 4.34. The molecule has 2 amide bonds. The lowest BCUT2D eigenvalue weighted by Crippen LogP contribution is -2.42. The molecule has 0 spiro atoms. The number of rotatable bonds is 6. The number of nitrogens with one attached hydrogen (secondary N) is 2. The molecule has 2 N–H and O–H groups in total. The number of anilines is 2. The number of benzene rings is 1. The average Bonchev–Trinajstić information content (AvgIpc) is 3.42. The molecule has 0 radical (unpaired) electrons. The van der Waals surface area contributed by atoms with E-state index in [1.54, 1.807) is 0 Å². The molecule has 5 nitrogen and oxygen atoms in total. The highest BCUT2D eigenvalue weighted by molar-refractivity contribution is 5.93. The summed E-state index contributed by atoms with van der Waals surface area (Å²) in [5, 5.41) is 6.55. The maximum absolute atomic E-state index is 12.5. The normalized spacial score (nSPS) is 21.3. The van der Waals surface area contributed by atoms with Gasteiger partial charge in [0.1, 0.15) is 0 Å². The van der Waals surface area contributed by atoms with E-state index < -0.39 is 0 Å². The van der Waals surface area contributed by atoms with Gasteiger partial charge in [0.15, 0.2) is 0 Å². The van der Waals surface area contributed by atoms with Crippen LogP contribution in [-0.2, 0) is 9.59 Å². The second kappa shape index (κ2) is 8.32. The number of amides is 2. The van der Waals surface area contributed by atoms with Gasteiger partial charge in [0.25, 0.3) is 0 Å². The first-order chi connectivity index (χ1) is 13.2. The minimum absolute atomic E-state index is 0.00780. The second-order valence-electron chi connectivity index (χ2n) is 8.47. The Kier molecular flexibility index (Phi) is 5.65. The maximum atomic E-state index is 12.5. The Balaban J connectivity index is 1.21. The Morgan fingerprint density at radius 1 is 0.852 bits per heavy atom. The van der Waals surface area contributed by atoms with Crippen LogP contribution in [0, 0.1) is 17.8 Å². The summed E-state index contributed by atoms with van der Waals surface area (Å²) in [7, 11) is 0. The summed E-state index contributed by atoms with van der Waals surface area (Å²) < 4.78 is 0. The van der Waals surface area contributed by atoms with Crippen LogP contribution in [-0.4, -0.2) is 36.3 Å². The van der Waals surface area contributed by atoms with Crippen LogP contribution in [0.4, 0.5) is 11.4 Å². The highest BCUT2D eigenvalue weighted by Gasteiger charge is 2.35. The van der Waals surface area contributed by atoms with Crippen molar-refractivity contribution in [1.82, 2.24) is 4.90 Å². The number of hydrogen-bond acceptors (Lipinski definition) is 3. The van der Waals surface area contributed by atoms with Gasteiger partial charge in [0.05, 0.1) is 0 Å². The van der Waals surface area contributed by atoms with E-state index in [1.165, 1.54) is 25.7 Å². The van der Waals surface area contributed by atoms with E-state index in [-0.39, 0.29) is 17.7 Å². The predicted molar refractivity (Wildman–Crippen MR) is 108 cm³/mol. The Morgan fingerprint density at radius 3 is 2.11 bits per heavy atom. The highest BCUT2D eigenvalue weighted by Crippen LogP contribution is 2.32. The maximum Gasteiger partial charge on any atom is 0.227 e. The summed E-state index contributed by atoms with van der Waals surface area (Å²) in [4.78, 5) is 26.6. The van der Waals surface area contributed by atoms with Crippen LogP contribution >= 0.6 is 0 Å². The molecule has 3 aliphatic rings. The molecular formula is C22H31N3O2. The predicted octanol–water partition coefficient (Wildman–Crippen LogP) is 3.88. The number of hydrogen-bond donors (Lipinski definition) is 2. The third-order valence-corrected chi connectivity index (χ3v) is 6.33. The topological polar surface area (TPSA) is 61.4 Å². The molecule has 1 heterocycles. The van der Waals surface area contributed by atoms with Crippen molar-refractivity contribution in [2.45, 2.75) is 51.4 Å². The first-order valence-electron chi connectivity index (χ1n) is 10.6. The zero-order valence-electron chi connectivity index (χ0n) is 16.1. The van der Waals surface area contributed by atoms with Crippen LogP contribution in [0.3, 0.4) is 0 Å². The van der Waals surface area contributed by atoms with E-state index >= 15 is 0 Å². The first-order valence-corrected chi connectivity index (χ1v) is 10.6. The molecule has 1 saturated heterocycles. The Bertz CT molecular complexity index is 655. The van der Waals surface area contributed by atoms with Crippen LogP contribution in [0.15, 0.2) is 24.3 Å². The summed E-state index contributed by atoms with van der Waals surface area (Å²) in [6.07, 6.45) is 9.04. The van der Waals surface area contributed by atoms with Crippen molar-refractivity contribution in [2.24, 2.45) is 17.8 Å².